The van der Waals surface area contributed by atoms with Crippen LogP contribution in [-0.2, 0) is 14.3 Å². The van der Waals surface area contributed by atoms with Crippen LogP contribution in [0.25, 0.3) is 10.9 Å². The van der Waals surface area contributed by atoms with Crippen LogP contribution in [0.1, 0.15) is 24.6 Å². The van der Waals surface area contributed by atoms with E-state index in [1.165, 1.54) is 33.3 Å². The quantitative estimate of drug-likeness (QED) is 0.286. The molecule has 0 saturated carbocycles. The minimum Gasteiger partial charge on any atom is -0.462 e. The molecule has 2 aromatic heterocycles. The maximum Gasteiger partial charge on any atom is 0.351 e. The number of aliphatic hydroxyl groups is 1. The van der Waals surface area contributed by atoms with Crippen molar-refractivity contribution < 1.29 is 24.6 Å². The lowest BCUT2D eigenvalue weighted by Crippen LogP contribution is -2.28. The molecule has 0 bridgehead atoms. The number of aromatic amines is 1. The molecule has 6 N–H and O–H groups in total. The molecular weight excluding hydrogens is 418 g/mol. The van der Waals surface area contributed by atoms with E-state index >= 15 is 0 Å². The Morgan fingerprint density at radius 1 is 1.34 bits per heavy atom. The van der Waals surface area contributed by atoms with E-state index < -0.39 is 17.9 Å². The Kier molecular flexibility index (Phi) is 9.82. The molecule has 1 fully saturated rings. The van der Waals surface area contributed by atoms with Gasteiger partial charge < -0.3 is 25.3 Å². The molecule has 1 aliphatic heterocycles. The summed E-state index contributed by atoms with van der Waals surface area (Å²) in [6.07, 6.45) is 4.06. The summed E-state index contributed by atoms with van der Waals surface area (Å²) in [4.78, 5) is 29.5. The molecule has 0 spiro atoms. The van der Waals surface area contributed by atoms with E-state index in [-0.39, 0.29) is 25.1 Å². The second kappa shape index (κ2) is 12.6. The van der Waals surface area contributed by atoms with Gasteiger partial charge in [0, 0.05) is 30.4 Å². The van der Waals surface area contributed by atoms with Gasteiger partial charge in [-0.15, -0.1) is 0 Å². The van der Waals surface area contributed by atoms with Crippen molar-refractivity contribution in [3.8, 4) is 0 Å². The molecule has 4 rings (SSSR count). The molecule has 11 nitrogen and oxygen atoms in total. The first-order valence-corrected chi connectivity index (χ1v) is 9.99. The fraction of sp³-hybridized carbons (Fsp3) is 0.381. The van der Waals surface area contributed by atoms with E-state index in [1.807, 2.05) is 12.3 Å². The summed E-state index contributed by atoms with van der Waals surface area (Å²) < 4.78 is 11.8. The highest BCUT2D eigenvalue weighted by molar-refractivity contribution is 5.82. The molecule has 32 heavy (non-hydrogen) atoms. The molecule has 0 aliphatic carbocycles. The van der Waals surface area contributed by atoms with Crippen molar-refractivity contribution in [2.75, 3.05) is 25.7 Å². The minimum atomic E-state index is -0.534. The smallest absolute Gasteiger partial charge is 0.351 e. The number of fused-ring (bicyclic) bond motifs is 1. The number of ether oxygens (including phenoxy) is 2. The summed E-state index contributed by atoms with van der Waals surface area (Å²) in [5.74, 6) is -0.424. The maximum atomic E-state index is 11.7. The van der Waals surface area contributed by atoms with Crippen LogP contribution in [0.4, 0.5) is 5.82 Å². The maximum absolute atomic E-state index is 11.7. The molecule has 0 amide bonds. The van der Waals surface area contributed by atoms with Gasteiger partial charge in [-0.3, -0.25) is 20.0 Å². The minimum absolute atomic E-state index is 0.0673. The number of benzene rings is 1. The largest absolute Gasteiger partial charge is 0.462 e. The van der Waals surface area contributed by atoms with Crippen LogP contribution in [0.3, 0.4) is 0 Å². The number of hydrogen-bond donors (Lipinski definition) is 5. The second-order valence-corrected chi connectivity index (χ2v) is 6.81. The Labute approximate surface area is 184 Å². The second-order valence-electron chi connectivity index (χ2n) is 6.81. The Hall–Kier alpha value is -3.25. The molecule has 3 aromatic rings. The van der Waals surface area contributed by atoms with E-state index in [9.17, 15) is 9.59 Å². The number of rotatable bonds is 5. The van der Waals surface area contributed by atoms with E-state index in [4.69, 9.17) is 25.5 Å². The number of carbonyl (C=O) groups is 1. The number of aryl methyl sites for hydroxylation is 1. The normalized spacial score (nSPS) is 17.0. The Balaban J connectivity index is 0.000000251. The lowest BCUT2D eigenvalue weighted by atomic mass is 10.2. The van der Waals surface area contributed by atoms with E-state index in [0.29, 0.717) is 12.8 Å². The number of para-hydroxylation sites is 1. The van der Waals surface area contributed by atoms with Gasteiger partial charge in [-0.2, -0.15) is 4.98 Å². The number of carbonyl (C=O) groups excluding carboxylic acids is 1. The molecule has 2 atom stereocenters. The fourth-order valence-electron chi connectivity index (χ4n) is 3.17. The van der Waals surface area contributed by atoms with Crippen molar-refractivity contribution in [3.05, 3.63) is 58.8 Å². The van der Waals surface area contributed by atoms with Crippen LogP contribution in [0.2, 0.25) is 0 Å². The standard InChI is InChI=1S/C11H16N4O5.C9H9N.CH4O/c12-5-10(16)19-6-7-1-2-9(20-7)15-4-3-8(14-18)13-11(15)17;1-7-6-10-9-5-3-2-4-8(7)9;1-2/h3-4,7,9,18H,1-2,5-6,12H2,(H,13,14,17);2-6,10H,1H3;2H,1H3. The number of esters is 1. The molecule has 1 saturated heterocycles. The third-order valence-electron chi connectivity index (χ3n) is 4.73. The SMILES string of the molecule is CO.Cc1c[nH]c2ccccc12.NCC(=O)OCC1CCC(n2ccc(NO)nc2=O)O1. The summed E-state index contributed by atoms with van der Waals surface area (Å²) in [6.45, 7) is 2.05. The van der Waals surface area contributed by atoms with Crippen LogP contribution in [0.15, 0.2) is 47.5 Å². The first kappa shape index (κ1) is 25.0. The fourth-order valence-corrected chi connectivity index (χ4v) is 3.17. The number of nitrogens with one attached hydrogen (secondary N) is 2. The average Bonchev–Trinajstić information content (AvgIpc) is 3.46. The number of aromatic nitrogens is 3. The summed E-state index contributed by atoms with van der Waals surface area (Å²) in [6, 6.07) is 9.76. The summed E-state index contributed by atoms with van der Waals surface area (Å²) in [5, 5.41) is 17.0. The number of nitrogens with zero attached hydrogens (tertiary/aromatic N) is 2. The van der Waals surface area contributed by atoms with E-state index in [1.54, 1.807) is 5.48 Å². The molecule has 2 unspecified atom stereocenters. The van der Waals surface area contributed by atoms with Crippen LogP contribution < -0.4 is 16.9 Å². The van der Waals surface area contributed by atoms with Crippen molar-refractivity contribution in [1.29, 1.82) is 0 Å². The Bertz CT molecular complexity index is 1050. The third kappa shape index (κ3) is 6.62. The Morgan fingerprint density at radius 3 is 2.75 bits per heavy atom. The molecular formula is C21H29N5O6. The molecule has 0 radical (unpaired) electrons. The van der Waals surface area contributed by atoms with Gasteiger partial charge in [-0.25, -0.2) is 4.79 Å². The summed E-state index contributed by atoms with van der Waals surface area (Å²) >= 11 is 0. The molecule has 11 heteroatoms. The Morgan fingerprint density at radius 2 is 2.09 bits per heavy atom. The van der Waals surface area contributed by atoms with Gasteiger partial charge in [0.2, 0.25) is 0 Å². The number of nitrogens with two attached hydrogens (primary N) is 1. The van der Waals surface area contributed by atoms with Gasteiger partial charge in [0.1, 0.15) is 12.8 Å². The van der Waals surface area contributed by atoms with Crippen molar-refractivity contribution in [2.24, 2.45) is 5.73 Å². The molecule has 3 heterocycles. The van der Waals surface area contributed by atoms with Crippen molar-refractivity contribution >= 4 is 22.7 Å². The van der Waals surface area contributed by atoms with Crippen LogP contribution in [-0.4, -0.2) is 57.2 Å². The molecule has 1 aromatic carbocycles. The number of aliphatic hydroxyl groups excluding tert-OH is 1. The first-order chi connectivity index (χ1) is 15.5. The van der Waals surface area contributed by atoms with Crippen molar-refractivity contribution in [3.63, 3.8) is 0 Å². The van der Waals surface area contributed by atoms with Gasteiger partial charge in [0.05, 0.1) is 12.6 Å². The zero-order chi connectivity index (χ0) is 23.5. The highest BCUT2D eigenvalue weighted by atomic mass is 16.6. The van der Waals surface area contributed by atoms with Crippen LogP contribution in [0.5, 0.6) is 0 Å². The highest BCUT2D eigenvalue weighted by Gasteiger charge is 2.28. The lowest BCUT2D eigenvalue weighted by Gasteiger charge is -2.15. The van der Waals surface area contributed by atoms with Gasteiger partial charge in [-0.1, -0.05) is 18.2 Å². The highest BCUT2D eigenvalue weighted by Crippen LogP contribution is 2.27. The molecule has 1 aliphatic rings. The lowest BCUT2D eigenvalue weighted by molar-refractivity contribution is -0.146. The van der Waals surface area contributed by atoms with Crippen LogP contribution >= 0.6 is 0 Å². The van der Waals surface area contributed by atoms with Gasteiger partial charge in [0.25, 0.3) is 0 Å². The predicted octanol–water partition coefficient (Wildman–Crippen LogP) is 1.31. The van der Waals surface area contributed by atoms with Gasteiger partial charge in [0.15, 0.2) is 5.82 Å². The topological polar surface area (TPSA) is 165 Å². The van der Waals surface area contributed by atoms with Gasteiger partial charge in [-0.05, 0) is 37.5 Å². The first-order valence-electron chi connectivity index (χ1n) is 9.99. The zero-order valence-corrected chi connectivity index (χ0v) is 18.0. The number of hydrogen-bond acceptors (Lipinski definition) is 9. The number of anilines is 1. The third-order valence-corrected chi connectivity index (χ3v) is 4.73. The van der Waals surface area contributed by atoms with E-state index in [0.717, 1.165) is 7.11 Å². The van der Waals surface area contributed by atoms with Crippen LogP contribution in [0, 0.1) is 6.92 Å². The predicted molar refractivity (Wildman–Crippen MR) is 118 cm³/mol. The number of H-pyrrole nitrogens is 1. The van der Waals surface area contributed by atoms with Crippen molar-refractivity contribution in [2.45, 2.75) is 32.1 Å². The van der Waals surface area contributed by atoms with Crippen molar-refractivity contribution in [1.82, 2.24) is 14.5 Å². The molecule has 174 valence electrons. The van der Waals surface area contributed by atoms with E-state index in [2.05, 4.69) is 35.1 Å². The summed E-state index contributed by atoms with van der Waals surface area (Å²) in [5.41, 5.74) is 8.93. The van der Waals surface area contributed by atoms with Gasteiger partial charge >= 0.3 is 11.7 Å². The zero-order valence-electron chi connectivity index (χ0n) is 18.0. The summed E-state index contributed by atoms with van der Waals surface area (Å²) in [7, 11) is 1.00. The average molecular weight is 447 g/mol. The monoisotopic (exact) mass is 447 g/mol.